The van der Waals surface area contributed by atoms with Crippen LogP contribution in [0.4, 0.5) is 24.8 Å². The summed E-state index contributed by atoms with van der Waals surface area (Å²) >= 11 is 1.33. The van der Waals surface area contributed by atoms with Crippen LogP contribution in [0.1, 0.15) is 39.5 Å². The molecule has 43 heavy (non-hydrogen) atoms. The fourth-order valence-electron chi connectivity index (χ4n) is 4.33. The average molecular weight is 606 g/mol. The molecular weight excluding hydrogens is 579 g/mol. The van der Waals surface area contributed by atoms with Crippen LogP contribution < -0.4 is 10.6 Å². The van der Waals surface area contributed by atoms with Gasteiger partial charge in [0.15, 0.2) is 0 Å². The van der Waals surface area contributed by atoms with E-state index in [1.165, 1.54) is 29.7 Å². The van der Waals surface area contributed by atoms with Crippen LogP contribution in [0, 0.1) is 0 Å². The van der Waals surface area contributed by atoms with Gasteiger partial charge in [0.2, 0.25) is 11.9 Å². The van der Waals surface area contributed by atoms with E-state index in [9.17, 15) is 22.8 Å². The zero-order chi connectivity index (χ0) is 30.2. The SMILES string of the molecule is O=C(Nc1ccc(-c2cnc(NC(=O)C(CCOCc3ccccc3)c3cccc(C(F)(F)F)c3)[nH]2)cc1)c1cscn1. The van der Waals surface area contributed by atoms with E-state index >= 15 is 0 Å². The summed E-state index contributed by atoms with van der Waals surface area (Å²) in [6.07, 6.45) is -2.86. The van der Waals surface area contributed by atoms with Gasteiger partial charge in [0.1, 0.15) is 5.69 Å². The van der Waals surface area contributed by atoms with Gasteiger partial charge in [0, 0.05) is 17.7 Å². The summed E-state index contributed by atoms with van der Waals surface area (Å²) in [6.45, 7) is 0.463. The molecule has 0 aliphatic heterocycles. The Morgan fingerprint density at radius 1 is 0.953 bits per heavy atom. The number of ether oxygens (including phenoxy) is 1. The van der Waals surface area contributed by atoms with Crippen molar-refractivity contribution in [3.8, 4) is 11.3 Å². The number of rotatable bonds is 11. The molecule has 1 atom stereocenters. The molecule has 5 rings (SSSR count). The maximum atomic E-state index is 13.4. The minimum absolute atomic E-state index is 0.142. The van der Waals surface area contributed by atoms with Gasteiger partial charge >= 0.3 is 6.18 Å². The Morgan fingerprint density at radius 2 is 1.74 bits per heavy atom. The zero-order valence-electron chi connectivity index (χ0n) is 22.6. The number of thiazole rings is 1. The summed E-state index contributed by atoms with van der Waals surface area (Å²) in [5.74, 6) is -1.62. The average Bonchev–Trinajstić information content (AvgIpc) is 3.71. The first-order valence-corrected chi connectivity index (χ1v) is 14.2. The third-order valence-electron chi connectivity index (χ3n) is 6.53. The Balaban J connectivity index is 1.26. The number of nitrogens with one attached hydrogen (secondary N) is 3. The molecular formula is C31H26F3N5O3S. The minimum atomic E-state index is -4.55. The van der Waals surface area contributed by atoms with Crippen LogP contribution in [0.15, 0.2) is 96.0 Å². The molecule has 0 saturated heterocycles. The molecule has 0 radical (unpaired) electrons. The molecule has 8 nitrogen and oxygen atoms in total. The monoisotopic (exact) mass is 605 g/mol. The van der Waals surface area contributed by atoms with Crippen molar-refractivity contribution in [3.63, 3.8) is 0 Å². The lowest BCUT2D eigenvalue weighted by molar-refractivity contribution is -0.137. The van der Waals surface area contributed by atoms with Crippen molar-refractivity contribution in [1.29, 1.82) is 0 Å². The van der Waals surface area contributed by atoms with Gasteiger partial charge in [-0.05, 0) is 41.3 Å². The number of aromatic nitrogens is 3. The van der Waals surface area contributed by atoms with E-state index < -0.39 is 23.6 Å². The van der Waals surface area contributed by atoms with E-state index in [0.717, 1.165) is 23.3 Å². The largest absolute Gasteiger partial charge is 0.416 e. The van der Waals surface area contributed by atoms with Crippen molar-refractivity contribution < 1.29 is 27.5 Å². The lowest BCUT2D eigenvalue weighted by atomic mass is 9.93. The normalized spacial score (nSPS) is 12.1. The first kappa shape index (κ1) is 29.7. The van der Waals surface area contributed by atoms with E-state index in [2.05, 4.69) is 25.6 Å². The zero-order valence-corrected chi connectivity index (χ0v) is 23.4. The number of halogens is 3. The summed E-state index contributed by atoms with van der Waals surface area (Å²) in [5, 5.41) is 7.11. The fourth-order valence-corrected chi connectivity index (χ4v) is 4.87. The second-order valence-electron chi connectivity index (χ2n) is 9.54. The number of carbonyl (C=O) groups excluding carboxylic acids is 2. The highest BCUT2D eigenvalue weighted by Gasteiger charge is 2.32. The second-order valence-corrected chi connectivity index (χ2v) is 10.3. The molecule has 2 amide bonds. The third-order valence-corrected chi connectivity index (χ3v) is 7.12. The number of carbonyl (C=O) groups is 2. The quantitative estimate of drug-likeness (QED) is 0.139. The molecule has 3 aromatic carbocycles. The molecule has 0 fully saturated rings. The second kappa shape index (κ2) is 13.4. The highest BCUT2D eigenvalue weighted by Crippen LogP contribution is 2.32. The number of amides is 2. The number of benzene rings is 3. The van der Waals surface area contributed by atoms with E-state index in [0.29, 0.717) is 23.7 Å². The molecule has 12 heteroatoms. The fraction of sp³-hybridized carbons (Fsp3) is 0.161. The topological polar surface area (TPSA) is 109 Å². The van der Waals surface area contributed by atoms with E-state index in [4.69, 9.17) is 4.74 Å². The van der Waals surface area contributed by atoms with Crippen LogP contribution in [0.25, 0.3) is 11.3 Å². The number of alkyl halides is 3. The number of nitrogens with zero attached hydrogens (tertiary/aromatic N) is 2. The molecule has 220 valence electrons. The maximum absolute atomic E-state index is 13.4. The van der Waals surface area contributed by atoms with E-state index in [1.807, 2.05) is 30.3 Å². The van der Waals surface area contributed by atoms with E-state index in [-0.39, 0.29) is 30.4 Å². The van der Waals surface area contributed by atoms with Crippen LogP contribution >= 0.6 is 11.3 Å². The summed E-state index contributed by atoms with van der Waals surface area (Å²) in [5.41, 5.74) is 4.15. The Bertz CT molecular complexity index is 1660. The first-order valence-electron chi connectivity index (χ1n) is 13.2. The Hall–Kier alpha value is -4.81. The number of anilines is 2. The molecule has 0 bridgehead atoms. The summed E-state index contributed by atoms with van der Waals surface area (Å²) in [7, 11) is 0. The van der Waals surface area contributed by atoms with E-state index in [1.54, 1.807) is 35.2 Å². The number of H-pyrrole nitrogens is 1. The molecule has 0 aliphatic rings. The minimum Gasteiger partial charge on any atom is -0.377 e. The van der Waals surface area contributed by atoms with Gasteiger partial charge in [0.25, 0.3) is 5.91 Å². The van der Waals surface area contributed by atoms with Crippen molar-refractivity contribution in [2.24, 2.45) is 0 Å². The Kier molecular flexibility index (Phi) is 9.28. The van der Waals surface area contributed by atoms with Gasteiger partial charge in [-0.1, -0.05) is 60.7 Å². The number of hydrogen-bond acceptors (Lipinski definition) is 6. The Morgan fingerprint density at radius 3 is 2.47 bits per heavy atom. The van der Waals surface area contributed by atoms with Gasteiger partial charge in [-0.2, -0.15) is 13.2 Å². The number of aromatic amines is 1. The lowest BCUT2D eigenvalue weighted by Crippen LogP contribution is -2.23. The van der Waals surface area contributed by atoms with Gasteiger partial charge in [-0.25, -0.2) is 9.97 Å². The summed E-state index contributed by atoms with van der Waals surface area (Å²) in [4.78, 5) is 36.8. The van der Waals surface area contributed by atoms with Crippen LogP contribution in [-0.2, 0) is 22.3 Å². The highest BCUT2D eigenvalue weighted by molar-refractivity contribution is 7.07. The van der Waals surface area contributed by atoms with Crippen molar-refractivity contribution in [1.82, 2.24) is 15.0 Å². The first-order chi connectivity index (χ1) is 20.8. The predicted octanol–water partition coefficient (Wildman–Crippen LogP) is 7.13. The summed E-state index contributed by atoms with van der Waals surface area (Å²) < 4.78 is 46.0. The lowest BCUT2D eigenvalue weighted by Gasteiger charge is -2.18. The molecule has 0 spiro atoms. The van der Waals surface area contributed by atoms with Gasteiger partial charge in [-0.3, -0.25) is 14.9 Å². The van der Waals surface area contributed by atoms with Crippen molar-refractivity contribution in [2.75, 3.05) is 17.2 Å². The van der Waals surface area contributed by atoms with Gasteiger partial charge in [-0.15, -0.1) is 11.3 Å². The highest BCUT2D eigenvalue weighted by atomic mass is 32.1. The van der Waals surface area contributed by atoms with Gasteiger partial charge < -0.3 is 15.0 Å². The molecule has 2 aromatic heterocycles. The number of imidazole rings is 1. The standard InChI is InChI=1S/C31H26F3N5O3S/c32-31(33,34)23-8-4-7-22(15-23)25(13-14-42-17-20-5-2-1-3-6-20)28(40)39-30-35-16-26(38-30)21-9-11-24(12-10-21)37-29(41)27-18-43-19-36-27/h1-12,15-16,18-19,25H,13-14,17H2,(H,37,41)(H2,35,38,39,40). The maximum Gasteiger partial charge on any atom is 0.416 e. The van der Waals surface area contributed by atoms with Crippen molar-refractivity contribution in [3.05, 3.63) is 118 Å². The smallest absolute Gasteiger partial charge is 0.377 e. The molecule has 3 N–H and O–H groups in total. The van der Waals surface area contributed by atoms with Crippen LogP contribution in [0.5, 0.6) is 0 Å². The number of hydrogen-bond donors (Lipinski definition) is 3. The Labute approximate surface area is 249 Å². The molecule has 2 heterocycles. The van der Waals surface area contributed by atoms with Crippen molar-refractivity contribution >= 4 is 34.8 Å². The van der Waals surface area contributed by atoms with Crippen molar-refractivity contribution in [2.45, 2.75) is 25.1 Å². The predicted molar refractivity (Wildman–Crippen MR) is 158 cm³/mol. The summed E-state index contributed by atoms with van der Waals surface area (Å²) in [6, 6.07) is 21.2. The van der Waals surface area contributed by atoms with Gasteiger partial charge in [0.05, 0.1) is 35.5 Å². The molecule has 1 unspecified atom stereocenters. The van der Waals surface area contributed by atoms with Crippen LogP contribution in [0.3, 0.4) is 0 Å². The van der Waals surface area contributed by atoms with Crippen LogP contribution in [-0.4, -0.2) is 33.4 Å². The molecule has 0 saturated carbocycles. The van der Waals surface area contributed by atoms with Crippen LogP contribution in [0.2, 0.25) is 0 Å². The third kappa shape index (κ3) is 7.93. The molecule has 5 aromatic rings. The molecule has 0 aliphatic carbocycles.